The molecule has 0 radical (unpaired) electrons. The summed E-state index contributed by atoms with van der Waals surface area (Å²) in [5.41, 5.74) is 13.2. The summed E-state index contributed by atoms with van der Waals surface area (Å²) in [7, 11) is 3.23. The number of unbranched alkanes of at least 4 members (excludes halogenated alkanes) is 1. The van der Waals surface area contributed by atoms with Gasteiger partial charge in [-0.15, -0.1) is 0 Å². The van der Waals surface area contributed by atoms with Crippen LogP contribution < -0.4 is 40.5 Å². The van der Waals surface area contributed by atoms with Gasteiger partial charge in [0.05, 0.1) is 80.7 Å². The van der Waals surface area contributed by atoms with E-state index in [0.717, 1.165) is 108 Å². The highest BCUT2D eigenvalue weighted by Gasteiger charge is 2.62. The molecule has 18 rings (SSSR count). The maximum absolute atomic E-state index is 13.9. The van der Waals surface area contributed by atoms with Gasteiger partial charge in [-0.3, -0.25) is 24.0 Å². The quantitative estimate of drug-likeness (QED) is 0.0563. The fourth-order valence-corrected chi connectivity index (χ4v) is 20.1. The van der Waals surface area contributed by atoms with E-state index >= 15 is 0 Å². The van der Waals surface area contributed by atoms with E-state index in [2.05, 4.69) is 69.9 Å². The fourth-order valence-electron chi connectivity index (χ4n) is 18.0. The minimum atomic E-state index is -0.747. The van der Waals surface area contributed by atoms with E-state index in [9.17, 15) is 47.9 Å². The molecule has 4 N–H and O–H groups in total. The summed E-state index contributed by atoms with van der Waals surface area (Å²) in [4.78, 5) is 144. The van der Waals surface area contributed by atoms with Crippen molar-refractivity contribution >= 4 is 212 Å². The number of nitrogen functional groups attached to an aromatic ring is 1. The SMILES string of the molecule is CC(C)(C)OC(=O)N1CC(C(=O)Nc2cc(Cl)ccc2Br)C1.CC(C)OC(=O)N1CC2(C1)C(=O)Nc1cc(Cl)ccc12.CCCCn1c(CN2C(=O)C3(CN(C(=O)OC(C)C)C3)c3ccc(Cl)cc32)nc2c1CCCC2.COc1ccc(CN(C(=O)C2CN(C(=O)OC(C)(C)C)C2)c2cc(Cl)ccc2Br)cc1.COc1ccc(CN2C(=O)C3(CN(C(=O)OC(C)(C)C)C3)c3ccc(Cl)cc32)cc1.Nc1cc(Cl)ccc1Br. The Kier molecular flexibility index (Phi) is 36.2. The van der Waals surface area contributed by atoms with E-state index < -0.39 is 45.2 Å². The number of hydrogen-bond donors (Lipinski definition) is 3. The predicted octanol–water partition coefficient (Wildman–Crippen LogP) is 23.7. The molecule has 146 heavy (non-hydrogen) atoms. The molecule has 5 saturated heterocycles. The van der Waals surface area contributed by atoms with Crippen LogP contribution in [0.3, 0.4) is 0 Å². The lowest BCUT2D eigenvalue weighted by molar-refractivity contribution is -0.129. The number of likely N-dealkylation sites (tertiary alicyclic amines) is 5. The summed E-state index contributed by atoms with van der Waals surface area (Å²) >= 11 is 46.4. The minimum absolute atomic E-state index is 0.0152. The number of imidazole rings is 1. The van der Waals surface area contributed by atoms with E-state index in [1.54, 1.807) is 118 Å². The van der Waals surface area contributed by atoms with Crippen molar-refractivity contribution in [3.63, 3.8) is 0 Å². The number of fused-ring (bicyclic) bond motifs is 7. The minimum Gasteiger partial charge on any atom is -0.497 e. The number of nitrogens with two attached hydrogens (primary N) is 1. The molecule has 0 unspecified atom stereocenters. The number of amides is 10. The number of carbonyl (C=O) groups excluding carboxylic acids is 10. The van der Waals surface area contributed by atoms with Crippen LogP contribution in [-0.2, 0) is 103 Å². The van der Waals surface area contributed by atoms with Crippen LogP contribution in [0.4, 0.5) is 58.1 Å². The Labute approximate surface area is 906 Å². The highest BCUT2D eigenvalue weighted by atomic mass is 79.9. The van der Waals surface area contributed by atoms with Gasteiger partial charge in [-0.2, -0.15) is 0 Å². The van der Waals surface area contributed by atoms with Crippen molar-refractivity contribution in [1.82, 2.24) is 34.1 Å². The molecule has 0 atom stereocenters. The van der Waals surface area contributed by atoms with E-state index in [1.165, 1.54) is 29.1 Å². The Bertz CT molecular complexity index is 6370. The van der Waals surface area contributed by atoms with Gasteiger partial charge < -0.3 is 93.3 Å². The first-order valence-electron chi connectivity index (χ1n) is 48.1. The lowest BCUT2D eigenvalue weighted by Crippen LogP contribution is -2.65. The van der Waals surface area contributed by atoms with Crippen LogP contribution in [0.25, 0.3) is 0 Å². The van der Waals surface area contributed by atoms with Gasteiger partial charge in [0.25, 0.3) is 0 Å². The second-order valence-corrected chi connectivity index (χ2v) is 45.9. The summed E-state index contributed by atoms with van der Waals surface area (Å²) in [6.07, 6.45) is 4.33. The number of rotatable bonds is 17. The number of methoxy groups -OCH3 is 2. The van der Waals surface area contributed by atoms with Gasteiger partial charge in [-0.05, 0) is 313 Å². The van der Waals surface area contributed by atoms with Gasteiger partial charge in [0.2, 0.25) is 29.5 Å². The number of nitrogens with zero attached hydrogens (tertiary/aromatic N) is 10. The van der Waals surface area contributed by atoms with Gasteiger partial charge in [0.1, 0.15) is 50.4 Å². The van der Waals surface area contributed by atoms with Crippen LogP contribution in [0.1, 0.15) is 168 Å². The van der Waals surface area contributed by atoms with Gasteiger partial charge in [-0.25, -0.2) is 29.0 Å². The molecule has 30 nitrogen and oxygen atoms in total. The zero-order valence-electron chi connectivity index (χ0n) is 84.4. The number of nitrogens with one attached hydrogen (secondary N) is 2. The normalized spacial score (nSPS) is 16.2. The molecule has 9 heterocycles. The molecule has 8 aromatic carbocycles. The van der Waals surface area contributed by atoms with Crippen LogP contribution in [-0.4, -0.2) is 203 Å². The van der Waals surface area contributed by atoms with Crippen molar-refractivity contribution in [2.45, 2.75) is 207 Å². The molecule has 1 aliphatic carbocycles. The van der Waals surface area contributed by atoms with Crippen molar-refractivity contribution in [3.05, 3.63) is 246 Å². The average molecular weight is 2310 g/mol. The van der Waals surface area contributed by atoms with E-state index in [1.807, 2.05) is 178 Å². The smallest absolute Gasteiger partial charge is 0.410 e. The second kappa shape index (κ2) is 47.0. The molecule has 0 bridgehead atoms. The van der Waals surface area contributed by atoms with E-state index in [4.69, 9.17) is 113 Å². The lowest BCUT2D eigenvalue weighted by atomic mass is 9.75. The standard InChI is InChI=1S/C26H33ClN4O3.C23H26BrClN2O4.C23H25ClN2O4.C15H18BrClN2O3.C14H15ClN2O3.C6H5BrClN/c1-4-5-12-30-21-9-7-6-8-20(21)28-23(30)14-31-22-13-18(27)10-11-19(22)26(24(31)32)15-29(16-26)25(33)34-17(2)3;1-23(2,3)31-22(29)26-13-16(14-26)21(28)27(20-11-17(25)7-10-19(20)24)12-15-5-8-18(30-4)9-6-15;1-22(2,3)30-21(28)25-13-23(14-25)18-10-7-16(24)11-19(18)26(20(23)27)12-15-5-8-17(29-4)9-6-15;1-15(2,3)22-14(21)19-7-9(8-19)13(20)18-12-6-10(17)4-5-11(12)16;1-8(2)20-13(19)17-6-14(7-17)10-4-3-9(15)5-11(10)16-12(14)18;7-5-2-1-4(8)3-6(5)9/h10-11,13,17H,4-9,12,14-16H2,1-3H3;5-11,16H,12-14H2,1-4H3;5-11H,12-14H2,1-4H3;4-6,9H,7-8H2,1-3H3,(H,18,20);3-5,8H,6-7H2,1-2H3,(H,16,18);1-3H,9H2. The Morgan fingerprint density at radius 3 is 1.39 bits per heavy atom. The summed E-state index contributed by atoms with van der Waals surface area (Å²) in [6, 6.07) is 47.5. The molecule has 3 spiro atoms. The van der Waals surface area contributed by atoms with Crippen LogP contribution in [0.5, 0.6) is 11.5 Å². The van der Waals surface area contributed by atoms with Gasteiger partial charge >= 0.3 is 30.5 Å². The lowest BCUT2D eigenvalue weighted by Gasteiger charge is -2.46. The van der Waals surface area contributed by atoms with Crippen molar-refractivity contribution in [3.8, 4) is 11.5 Å². The monoisotopic (exact) mass is 2310 g/mol. The van der Waals surface area contributed by atoms with Crippen molar-refractivity contribution in [2.75, 3.05) is 111 Å². The number of hydrogen-bond acceptors (Lipinski definition) is 19. The van der Waals surface area contributed by atoms with Crippen molar-refractivity contribution < 1.29 is 81.1 Å². The van der Waals surface area contributed by atoms with Crippen LogP contribution >= 0.6 is 117 Å². The Morgan fingerprint density at radius 1 is 0.493 bits per heavy atom. The number of benzene rings is 8. The average Bonchev–Trinajstić information content (AvgIpc) is 1.54. The maximum Gasteiger partial charge on any atom is 0.410 e. The van der Waals surface area contributed by atoms with Gasteiger partial charge in [0, 0.05) is 138 Å². The zero-order chi connectivity index (χ0) is 106. The first-order chi connectivity index (χ1) is 68.8. The third-order valence-corrected chi connectivity index (χ3v) is 28.9. The Morgan fingerprint density at radius 2 is 0.911 bits per heavy atom. The van der Waals surface area contributed by atoms with Gasteiger partial charge in [0.15, 0.2) is 0 Å². The third-order valence-electron chi connectivity index (χ3n) is 25.4. The van der Waals surface area contributed by atoms with Crippen LogP contribution in [0.2, 0.25) is 30.1 Å². The van der Waals surface area contributed by atoms with Crippen molar-refractivity contribution in [1.29, 1.82) is 0 Å². The molecular weight excluding hydrogens is 2190 g/mol. The summed E-state index contributed by atoms with van der Waals surface area (Å²) in [5, 5.41) is 9.13. The molecule has 1 aromatic heterocycles. The summed E-state index contributed by atoms with van der Waals surface area (Å²) in [5.74, 6) is 1.62. The number of ether oxygens (including phenoxy) is 7. The predicted molar refractivity (Wildman–Crippen MR) is 579 cm³/mol. The number of halogens is 9. The molecule has 39 heteroatoms. The topological polar surface area (TPSA) is 329 Å². The second-order valence-electron chi connectivity index (χ2n) is 40.7. The van der Waals surface area contributed by atoms with Crippen LogP contribution in [0, 0.1) is 11.8 Å². The number of carbonyl (C=O) groups is 10. The molecular formula is C107H122Br3Cl6N13O17. The first kappa shape index (κ1) is 112. The third kappa shape index (κ3) is 26.7. The molecule has 9 aromatic rings. The summed E-state index contributed by atoms with van der Waals surface area (Å²) in [6.45, 7) is 31.3. The Balaban J connectivity index is 0.000000151. The summed E-state index contributed by atoms with van der Waals surface area (Å²) < 4.78 is 41.8. The molecule has 10 amide bonds. The molecule has 780 valence electrons. The van der Waals surface area contributed by atoms with Crippen molar-refractivity contribution in [2.24, 2.45) is 11.8 Å². The maximum atomic E-state index is 13.9. The molecule has 8 aliphatic heterocycles. The largest absolute Gasteiger partial charge is 0.497 e. The highest BCUT2D eigenvalue weighted by molar-refractivity contribution is 9.11. The molecule has 9 aliphatic rings. The number of aromatic nitrogens is 2. The molecule has 5 fully saturated rings. The van der Waals surface area contributed by atoms with Crippen LogP contribution in [0.15, 0.2) is 171 Å². The molecule has 0 saturated carbocycles. The fraction of sp³-hybridized carbons (Fsp3) is 0.430. The van der Waals surface area contributed by atoms with E-state index in [0.29, 0.717) is 132 Å². The van der Waals surface area contributed by atoms with Gasteiger partial charge in [-0.1, -0.05) is 125 Å². The number of aryl methyl sites for hydroxylation is 1. The highest BCUT2D eigenvalue weighted by Crippen LogP contribution is 2.52. The number of anilines is 6. The Hall–Kier alpha value is -10.8. The first-order valence-corrected chi connectivity index (χ1v) is 52.7. The van der Waals surface area contributed by atoms with E-state index in [-0.39, 0.29) is 71.9 Å². The zero-order valence-corrected chi connectivity index (χ0v) is 93.6.